The Hall–Kier alpha value is -1.07. The molecule has 0 amide bonds. The first-order chi connectivity index (χ1) is 8.42. The van der Waals surface area contributed by atoms with Crippen LogP contribution in [0.2, 0.25) is 0 Å². The monoisotopic (exact) mass is 315 g/mol. The normalized spacial score (nSPS) is 12.6. The maximum atomic E-state index is 11.2. The standard InChI is InChI=1S/C13H18BrNO3/c1-7(2)8-5-12(18-3)9(4-11(8)14)10(6-15)13(16)17/h4-5,7,10H,6,15H2,1-3H3,(H,16,17). The molecule has 100 valence electrons. The minimum atomic E-state index is -0.944. The Balaban J connectivity index is 3.36. The Morgan fingerprint density at radius 2 is 2.06 bits per heavy atom. The lowest BCUT2D eigenvalue weighted by atomic mass is 9.94. The smallest absolute Gasteiger partial charge is 0.312 e. The molecule has 0 saturated heterocycles. The van der Waals surface area contributed by atoms with Crippen LogP contribution in [0.1, 0.15) is 36.8 Å². The van der Waals surface area contributed by atoms with Crippen LogP contribution in [0.3, 0.4) is 0 Å². The fourth-order valence-electron chi connectivity index (χ4n) is 1.84. The van der Waals surface area contributed by atoms with E-state index in [0.29, 0.717) is 17.2 Å². The molecule has 1 rings (SSSR count). The van der Waals surface area contributed by atoms with Gasteiger partial charge in [-0.05, 0) is 23.6 Å². The molecule has 18 heavy (non-hydrogen) atoms. The second kappa shape index (κ2) is 6.20. The van der Waals surface area contributed by atoms with Crippen molar-refractivity contribution in [2.45, 2.75) is 25.7 Å². The summed E-state index contributed by atoms with van der Waals surface area (Å²) in [4.78, 5) is 11.2. The molecule has 1 aromatic carbocycles. The van der Waals surface area contributed by atoms with E-state index in [1.54, 1.807) is 6.07 Å². The van der Waals surface area contributed by atoms with Crippen molar-refractivity contribution >= 4 is 21.9 Å². The fourth-order valence-corrected chi connectivity index (χ4v) is 2.66. The Morgan fingerprint density at radius 1 is 1.44 bits per heavy atom. The number of carboxylic acid groups (broad SMARTS) is 1. The number of methoxy groups -OCH3 is 1. The molecule has 0 fully saturated rings. The number of aliphatic carboxylic acids is 1. The topological polar surface area (TPSA) is 72.5 Å². The third-order valence-corrected chi connectivity index (χ3v) is 3.57. The first-order valence-electron chi connectivity index (χ1n) is 5.72. The zero-order chi connectivity index (χ0) is 13.9. The number of nitrogens with two attached hydrogens (primary N) is 1. The predicted octanol–water partition coefficient (Wildman–Crippen LogP) is 2.71. The molecular weight excluding hydrogens is 298 g/mol. The van der Waals surface area contributed by atoms with Gasteiger partial charge >= 0.3 is 5.97 Å². The molecule has 1 unspecified atom stereocenters. The van der Waals surface area contributed by atoms with E-state index in [9.17, 15) is 4.79 Å². The Kier molecular flexibility index (Phi) is 5.16. The number of ether oxygens (including phenoxy) is 1. The number of halogens is 1. The summed E-state index contributed by atoms with van der Waals surface area (Å²) in [6, 6.07) is 3.66. The minimum Gasteiger partial charge on any atom is -0.496 e. The van der Waals surface area contributed by atoms with Gasteiger partial charge < -0.3 is 15.6 Å². The molecule has 1 atom stereocenters. The van der Waals surface area contributed by atoms with Crippen molar-refractivity contribution in [1.82, 2.24) is 0 Å². The molecule has 0 aromatic heterocycles. The number of carbonyl (C=O) groups is 1. The van der Waals surface area contributed by atoms with Crippen LogP contribution < -0.4 is 10.5 Å². The third-order valence-electron chi connectivity index (χ3n) is 2.88. The first kappa shape index (κ1) is 15.0. The minimum absolute atomic E-state index is 0.0408. The molecule has 0 heterocycles. The molecule has 0 saturated carbocycles. The Morgan fingerprint density at radius 3 is 2.44 bits per heavy atom. The Labute approximate surface area is 115 Å². The number of carboxylic acids is 1. The van der Waals surface area contributed by atoms with Gasteiger partial charge in [0.25, 0.3) is 0 Å². The van der Waals surface area contributed by atoms with E-state index in [1.807, 2.05) is 6.07 Å². The average Bonchev–Trinajstić information content (AvgIpc) is 2.29. The largest absolute Gasteiger partial charge is 0.496 e. The lowest BCUT2D eigenvalue weighted by molar-refractivity contribution is -0.138. The number of benzene rings is 1. The van der Waals surface area contributed by atoms with Gasteiger partial charge in [-0.1, -0.05) is 29.8 Å². The van der Waals surface area contributed by atoms with Crippen molar-refractivity contribution in [3.05, 3.63) is 27.7 Å². The van der Waals surface area contributed by atoms with Crippen molar-refractivity contribution in [2.24, 2.45) is 5.73 Å². The maximum absolute atomic E-state index is 11.2. The highest BCUT2D eigenvalue weighted by atomic mass is 79.9. The van der Waals surface area contributed by atoms with E-state index < -0.39 is 11.9 Å². The molecule has 1 aromatic rings. The summed E-state index contributed by atoms with van der Waals surface area (Å²) in [6.07, 6.45) is 0. The molecule has 0 aliphatic carbocycles. The lowest BCUT2D eigenvalue weighted by Crippen LogP contribution is -2.22. The molecule has 4 nitrogen and oxygen atoms in total. The summed E-state index contributed by atoms with van der Waals surface area (Å²) >= 11 is 3.47. The molecule has 0 aliphatic heterocycles. The van der Waals surface area contributed by atoms with Gasteiger partial charge in [0.1, 0.15) is 5.75 Å². The van der Waals surface area contributed by atoms with E-state index in [1.165, 1.54) is 7.11 Å². The molecule has 0 aliphatic rings. The summed E-state index contributed by atoms with van der Waals surface area (Å²) < 4.78 is 6.17. The van der Waals surface area contributed by atoms with E-state index in [4.69, 9.17) is 15.6 Å². The third kappa shape index (κ3) is 3.03. The van der Waals surface area contributed by atoms with Crippen LogP contribution in [0, 0.1) is 0 Å². The lowest BCUT2D eigenvalue weighted by Gasteiger charge is -2.18. The first-order valence-corrected chi connectivity index (χ1v) is 6.51. The van der Waals surface area contributed by atoms with Gasteiger partial charge in [-0.2, -0.15) is 0 Å². The van der Waals surface area contributed by atoms with Gasteiger partial charge in [0.05, 0.1) is 13.0 Å². The number of hydrogen-bond donors (Lipinski definition) is 2. The summed E-state index contributed by atoms with van der Waals surface area (Å²) in [7, 11) is 1.53. The molecule has 5 heteroatoms. The van der Waals surface area contributed by atoms with Gasteiger partial charge in [-0.3, -0.25) is 4.79 Å². The molecule has 0 bridgehead atoms. The highest BCUT2D eigenvalue weighted by Crippen LogP contribution is 2.35. The average molecular weight is 316 g/mol. The van der Waals surface area contributed by atoms with Gasteiger partial charge in [-0.25, -0.2) is 0 Å². The van der Waals surface area contributed by atoms with Crippen molar-refractivity contribution in [1.29, 1.82) is 0 Å². The summed E-state index contributed by atoms with van der Waals surface area (Å²) in [5.41, 5.74) is 7.21. The van der Waals surface area contributed by atoms with Crippen molar-refractivity contribution in [2.75, 3.05) is 13.7 Å². The van der Waals surface area contributed by atoms with Crippen LogP contribution in [0.5, 0.6) is 5.75 Å². The van der Waals surface area contributed by atoms with E-state index in [-0.39, 0.29) is 6.54 Å². The zero-order valence-electron chi connectivity index (χ0n) is 10.7. The van der Waals surface area contributed by atoms with Gasteiger partial charge in [0, 0.05) is 16.6 Å². The number of hydrogen-bond acceptors (Lipinski definition) is 3. The van der Waals surface area contributed by atoms with Crippen LogP contribution in [-0.4, -0.2) is 24.7 Å². The number of rotatable bonds is 5. The van der Waals surface area contributed by atoms with E-state index in [0.717, 1.165) is 10.0 Å². The Bertz CT molecular complexity index is 446. The van der Waals surface area contributed by atoms with Crippen LogP contribution in [-0.2, 0) is 4.79 Å². The quantitative estimate of drug-likeness (QED) is 0.876. The second-order valence-electron chi connectivity index (χ2n) is 4.40. The van der Waals surface area contributed by atoms with Gasteiger partial charge in [0.15, 0.2) is 0 Å². The van der Waals surface area contributed by atoms with Crippen LogP contribution >= 0.6 is 15.9 Å². The predicted molar refractivity (Wildman–Crippen MR) is 74.2 cm³/mol. The van der Waals surface area contributed by atoms with Gasteiger partial charge in [0.2, 0.25) is 0 Å². The SMILES string of the molecule is COc1cc(C(C)C)c(Br)cc1C(CN)C(=O)O. The van der Waals surface area contributed by atoms with Crippen molar-refractivity contribution in [3.8, 4) is 5.75 Å². The molecular formula is C13H18BrNO3. The van der Waals surface area contributed by atoms with Crippen LogP contribution in [0.25, 0.3) is 0 Å². The highest BCUT2D eigenvalue weighted by Gasteiger charge is 2.23. The zero-order valence-corrected chi connectivity index (χ0v) is 12.3. The van der Waals surface area contributed by atoms with Gasteiger partial charge in [-0.15, -0.1) is 0 Å². The summed E-state index contributed by atoms with van der Waals surface area (Å²) in [5, 5.41) is 9.17. The van der Waals surface area contributed by atoms with Crippen molar-refractivity contribution in [3.63, 3.8) is 0 Å². The highest BCUT2D eigenvalue weighted by molar-refractivity contribution is 9.10. The summed E-state index contributed by atoms with van der Waals surface area (Å²) in [6.45, 7) is 4.17. The molecule has 3 N–H and O–H groups in total. The molecule has 0 spiro atoms. The second-order valence-corrected chi connectivity index (χ2v) is 5.25. The summed E-state index contributed by atoms with van der Waals surface area (Å²) in [5.74, 6) is -0.805. The maximum Gasteiger partial charge on any atom is 0.312 e. The van der Waals surface area contributed by atoms with E-state index >= 15 is 0 Å². The van der Waals surface area contributed by atoms with Crippen LogP contribution in [0.15, 0.2) is 16.6 Å². The van der Waals surface area contributed by atoms with E-state index in [2.05, 4.69) is 29.8 Å². The van der Waals surface area contributed by atoms with Crippen molar-refractivity contribution < 1.29 is 14.6 Å². The fraction of sp³-hybridized carbons (Fsp3) is 0.462. The molecule has 0 radical (unpaired) electrons. The van der Waals surface area contributed by atoms with Crippen LogP contribution in [0.4, 0.5) is 0 Å².